The number of carbonyl (C=O) groups is 3. The van der Waals surface area contributed by atoms with Gasteiger partial charge in [0.1, 0.15) is 11.6 Å². The first-order chi connectivity index (χ1) is 15.8. The fourth-order valence-electron chi connectivity index (χ4n) is 4.80. The third-order valence-corrected chi connectivity index (χ3v) is 6.36. The summed E-state index contributed by atoms with van der Waals surface area (Å²) >= 11 is 0. The van der Waals surface area contributed by atoms with Crippen LogP contribution in [-0.4, -0.2) is 40.3 Å². The monoisotopic (exact) mass is 447 g/mol. The average Bonchev–Trinajstić information content (AvgIpc) is 3.22. The molecule has 0 unspecified atom stereocenters. The molecule has 5 rings (SSSR count). The summed E-state index contributed by atoms with van der Waals surface area (Å²) in [5, 5.41) is 2.80. The molecule has 0 bridgehead atoms. The van der Waals surface area contributed by atoms with E-state index >= 15 is 0 Å². The Hall–Kier alpha value is -3.94. The average molecular weight is 447 g/mol. The van der Waals surface area contributed by atoms with Crippen LogP contribution in [0.5, 0.6) is 5.75 Å². The molecule has 3 amide bonds. The third-order valence-electron chi connectivity index (χ3n) is 6.36. The number of nitrogens with one attached hydrogen (secondary N) is 1. The summed E-state index contributed by atoms with van der Waals surface area (Å²) in [5.74, 6) is -0.666. The minimum absolute atomic E-state index is 0.277. The Bertz CT molecular complexity index is 1310. The second kappa shape index (κ2) is 7.58. The Morgan fingerprint density at radius 2 is 1.91 bits per heavy atom. The van der Waals surface area contributed by atoms with E-state index in [-0.39, 0.29) is 31.2 Å². The molecule has 1 atom stereocenters. The minimum atomic E-state index is -1.23. The van der Waals surface area contributed by atoms with E-state index in [0.717, 1.165) is 10.6 Å². The van der Waals surface area contributed by atoms with Crippen molar-refractivity contribution in [3.05, 3.63) is 82.9 Å². The molecular weight excluding hydrogens is 425 g/mol. The number of ketones is 1. The number of rotatable bonds is 4. The van der Waals surface area contributed by atoms with Crippen molar-refractivity contribution in [1.29, 1.82) is 0 Å². The Kier molecular flexibility index (Phi) is 4.81. The molecule has 1 N–H and O–H groups in total. The molecule has 8 heteroatoms. The van der Waals surface area contributed by atoms with Gasteiger partial charge in [0.15, 0.2) is 11.3 Å². The van der Waals surface area contributed by atoms with Crippen LogP contribution in [0.2, 0.25) is 0 Å². The zero-order valence-corrected chi connectivity index (χ0v) is 18.2. The van der Waals surface area contributed by atoms with Crippen molar-refractivity contribution in [3.8, 4) is 11.4 Å². The number of aryl methyl sites for hydroxylation is 1. The molecule has 2 aliphatic heterocycles. The number of fused-ring (bicyclic) bond motifs is 2. The lowest BCUT2D eigenvalue weighted by Gasteiger charge is -2.33. The number of ether oxygens (including phenoxy) is 1. The fourth-order valence-corrected chi connectivity index (χ4v) is 4.80. The van der Waals surface area contributed by atoms with E-state index in [9.17, 15) is 18.8 Å². The zero-order chi connectivity index (χ0) is 23.3. The maximum absolute atomic E-state index is 13.7. The summed E-state index contributed by atoms with van der Waals surface area (Å²) in [5.41, 5.74) is 1.69. The number of hydrogen-bond acceptors (Lipinski definition) is 4. The number of amides is 3. The van der Waals surface area contributed by atoms with Crippen LogP contribution in [0.15, 0.2) is 54.6 Å². The van der Waals surface area contributed by atoms with Gasteiger partial charge in [-0.05, 0) is 44.2 Å². The van der Waals surface area contributed by atoms with E-state index in [2.05, 4.69) is 5.32 Å². The first kappa shape index (κ1) is 20.9. The number of para-hydroxylation sites is 1. The molecule has 3 heterocycles. The smallest absolute Gasteiger partial charge is 0.325 e. The Morgan fingerprint density at radius 1 is 1.12 bits per heavy atom. The molecular formula is C25H22FN3O4. The molecule has 2 aromatic carbocycles. The van der Waals surface area contributed by atoms with Gasteiger partial charge in [-0.1, -0.05) is 24.3 Å². The van der Waals surface area contributed by atoms with E-state index in [1.807, 2.05) is 6.92 Å². The lowest BCUT2D eigenvalue weighted by molar-refractivity contribution is -0.132. The Morgan fingerprint density at radius 3 is 2.70 bits per heavy atom. The summed E-state index contributed by atoms with van der Waals surface area (Å²) in [4.78, 5) is 40.4. The van der Waals surface area contributed by atoms with Crippen LogP contribution in [0, 0.1) is 19.7 Å². The van der Waals surface area contributed by atoms with Crippen molar-refractivity contribution in [3.63, 3.8) is 0 Å². The molecule has 2 aliphatic rings. The van der Waals surface area contributed by atoms with Crippen LogP contribution in [0.1, 0.15) is 33.7 Å². The van der Waals surface area contributed by atoms with E-state index in [4.69, 9.17) is 4.74 Å². The van der Waals surface area contributed by atoms with Gasteiger partial charge in [-0.25, -0.2) is 9.18 Å². The van der Waals surface area contributed by atoms with E-state index in [1.54, 1.807) is 54.0 Å². The lowest BCUT2D eigenvalue weighted by atomic mass is 9.84. The first-order valence-electron chi connectivity index (χ1n) is 10.7. The highest BCUT2D eigenvalue weighted by molar-refractivity contribution is 6.12. The van der Waals surface area contributed by atoms with Gasteiger partial charge in [0.05, 0.1) is 13.2 Å². The van der Waals surface area contributed by atoms with Gasteiger partial charge in [-0.2, -0.15) is 0 Å². The number of aromatic nitrogens is 1. The molecule has 1 fully saturated rings. The van der Waals surface area contributed by atoms with Crippen LogP contribution in [0.3, 0.4) is 0 Å². The van der Waals surface area contributed by atoms with Gasteiger partial charge in [-0.15, -0.1) is 0 Å². The number of nitrogens with zero attached hydrogens (tertiary/aromatic N) is 2. The van der Waals surface area contributed by atoms with Gasteiger partial charge in [-0.3, -0.25) is 14.5 Å². The van der Waals surface area contributed by atoms with Gasteiger partial charge >= 0.3 is 6.03 Å². The predicted molar refractivity (Wildman–Crippen MR) is 118 cm³/mol. The molecule has 1 spiro atoms. The number of halogens is 1. The number of imide groups is 1. The topological polar surface area (TPSA) is 80.6 Å². The maximum Gasteiger partial charge on any atom is 0.325 e. The minimum Gasteiger partial charge on any atom is -0.493 e. The second-order valence-electron chi connectivity index (χ2n) is 8.34. The summed E-state index contributed by atoms with van der Waals surface area (Å²) in [6.45, 7) is 3.46. The van der Waals surface area contributed by atoms with E-state index in [1.165, 1.54) is 12.1 Å². The van der Waals surface area contributed by atoms with Crippen molar-refractivity contribution in [2.75, 3.05) is 13.2 Å². The molecule has 0 saturated carbocycles. The molecule has 1 saturated heterocycles. The largest absolute Gasteiger partial charge is 0.493 e. The van der Waals surface area contributed by atoms with Gasteiger partial charge in [0.25, 0.3) is 5.91 Å². The highest BCUT2D eigenvalue weighted by Crippen LogP contribution is 2.41. The number of Topliss-reactive ketones (excluding diaryl/α,β-unsaturated/α-hetero) is 1. The van der Waals surface area contributed by atoms with Gasteiger partial charge < -0.3 is 14.6 Å². The summed E-state index contributed by atoms with van der Waals surface area (Å²) in [6, 6.07) is 14.3. The highest BCUT2D eigenvalue weighted by atomic mass is 19.1. The summed E-state index contributed by atoms with van der Waals surface area (Å²) in [6.07, 6.45) is 0.285. The molecule has 0 aliphatic carbocycles. The number of benzene rings is 2. The quantitative estimate of drug-likeness (QED) is 0.489. The van der Waals surface area contributed by atoms with Crippen molar-refractivity contribution in [2.24, 2.45) is 0 Å². The highest BCUT2D eigenvalue weighted by Gasteiger charge is 2.55. The van der Waals surface area contributed by atoms with Crippen LogP contribution in [-0.2, 0) is 10.3 Å². The molecule has 168 valence electrons. The summed E-state index contributed by atoms with van der Waals surface area (Å²) < 4.78 is 21.2. The van der Waals surface area contributed by atoms with Crippen molar-refractivity contribution in [2.45, 2.75) is 25.8 Å². The van der Waals surface area contributed by atoms with E-state index in [0.29, 0.717) is 28.3 Å². The molecule has 1 aromatic heterocycles. The van der Waals surface area contributed by atoms with Crippen molar-refractivity contribution >= 4 is 17.7 Å². The van der Waals surface area contributed by atoms with Crippen LogP contribution in [0.4, 0.5) is 9.18 Å². The Balaban J connectivity index is 1.44. The SMILES string of the molecule is Cc1cc(C(=O)CN2C(=O)N[C@]3(CCOc4ccccc43)C2=O)c(C)n1-c1cccc(F)c1. The van der Waals surface area contributed by atoms with Crippen LogP contribution < -0.4 is 10.1 Å². The number of hydrogen-bond donors (Lipinski definition) is 1. The summed E-state index contributed by atoms with van der Waals surface area (Å²) in [7, 11) is 0. The van der Waals surface area contributed by atoms with Crippen molar-refractivity contribution < 1.29 is 23.5 Å². The second-order valence-corrected chi connectivity index (χ2v) is 8.34. The number of urea groups is 1. The zero-order valence-electron chi connectivity index (χ0n) is 18.2. The maximum atomic E-state index is 13.7. The standard InChI is InChI=1S/C25H22FN3O4/c1-15-12-19(16(2)29(15)18-7-5-6-17(26)13-18)21(30)14-28-23(31)25(27-24(28)32)10-11-33-22-9-4-3-8-20(22)25/h3-9,12-13H,10-11,14H2,1-2H3,(H,27,32)/t25-/m0/s1. The first-order valence-corrected chi connectivity index (χ1v) is 10.7. The molecule has 33 heavy (non-hydrogen) atoms. The van der Waals surface area contributed by atoms with Gasteiger partial charge in [0, 0.05) is 34.6 Å². The van der Waals surface area contributed by atoms with Gasteiger partial charge in [0.2, 0.25) is 0 Å². The lowest BCUT2D eigenvalue weighted by Crippen LogP contribution is -2.47. The predicted octanol–water partition coefficient (Wildman–Crippen LogP) is 3.65. The van der Waals surface area contributed by atoms with E-state index < -0.39 is 17.5 Å². The Labute approximate surface area is 189 Å². The van der Waals surface area contributed by atoms with Crippen LogP contribution >= 0.6 is 0 Å². The fraction of sp³-hybridized carbons (Fsp3) is 0.240. The molecule has 0 radical (unpaired) electrons. The normalized spacial score (nSPS) is 19.4. The number of carbonyl (C=O) groups excluding carboxylic acids is 3. The molecule has 3 aromatic rings. The van der Waals surface area contributed by atoms with Crippen LogP contribution in [0.25, 0.3) is 5.69 Å². The third kappa shape index (κ3) is 3.21. The van der Waals surface area contributed by atoms with Crippen molar-refractivity contribution in [1.82, 2.24) is 14.8 Å². The molecule has 7 nitrogen and oxygen atoms in total.